The summed E-state index contributed by atoms with van der Waals surface area (Å²) in [7, 11) is 0. The third-order valence-electron chi connectivity index (χ3n) is 5.56. The first kappa shape index (κ1) is 16.5. The van der Waals surface area contributed by atoms with Crippen molar-refractivity contribution in [3.8, 4) is 23.9 Å². The summed E-state index contributed by atoms with van der Waals surface area (Å²) in [4.78, 5) is 0. The summed E-state index contributed by atoms with van der Waals surface area (Å²) in [5.74, 6) is 6.14. The van der Waals surface area contributed by atoms with Gasteiger partial charge in [0.05, 0.1) is 22.1 Å². The van der Waals surface area contributed by atoms with Gasteiger partial charge in [0.15, 0.2) is 0 Å². The number of fused-ring (bicyclic) bond motifs is 6. The molecule has 0 saturated carbocycles. The van der Waals surface area contributed by atoms with Crippen molar-refractivity contribution in [3.05, 3.63) is 97.1 Å². The maximum atomic E-state index is 3.25. The molecule has 2 aromatic heterocycles. The largest absolute Gasteiger partial charge is 0.268 e. The zero-order valence-electron chi connectivity index (χ0n) is 16.1. The molecule has 0 spiro atoms. The van der Waals surface area contributed by atoms with Crippen LogP contribution in [0.5, 0.6) is 0 Å². The molecule has 0 N–H and O–H groups in total. The highest BCUT2D eigenvalue weighted by molar-refractivity contribution is 6.09. The molecule has 2 heteroatoms. The number of aromatic nitrogens is 2. The Balaban J connectivity index is 1.52. The minimum absolute atomic E-state index is 1.10. The summed E-state index contributed by atoms with van der Waals surface area (Å²) in [5.41, 5.74) is 4.41. The van der Waals surface area contributed by atoms with Crippen LogP contribution >= 0.6 is 0 Å². The fraction of sp³-hybridized carbons (Fsp3) is 0. The quantitative estimate of drug-likeness (QED) is 0.277. The maximum absolute atomic E-state index is 3.25. The Morgan fingerprint density at radius 1 is 0.367 bits per heavy atom. The lowest BCUT2D eigenvalue weighted by atomic mass is 10.2. The fourth-order valence-electron chi connectivity index (χ4n) is 4.25. The number of para-hydroxylation sites is 4. The van der Waals surface area contributed by atoms with Crippen LogP contribution in [0, 0.1) is 23.9 Å². The molecule has 0 radical (unpaired) electrons. The lowest BCUT2D eigenvalue weighted by molar-refractivity contribution is 1.26. The molecule has 6 rings (SSSR count). The molecule has 0 fully saturated rings. The van der Waals surface area contributed by atoms with Gasteiger partial charge < -0.3 is 0 Å². The van der Waals surface area contributed by atoms with Crippen molar-refractivity contribution in [3.63, 3.8) is 0 Å². The Labute approximate surface area is 174 Å². The van der Waals surface area contributed by atoms with E-state index >= 15 is 0 Å². The molecule has 0 saturated heterocycles. The minimum Gasteiger partial charge on any atom is -0.268 e. The molecular weight excluding hydrogens is 364 g/mol. The van der Waals surface area contributed by atoms with Gasteiger partial charge in [0.2, 0.25) is 0 Å². The summed E-state index contributed by atoms with van der Waals surface area (Å²) in [6.07, 6.45) is 0. The molecule has 30 heavy (non-hydrogen) atoms. The molecule has 0 unspecified atom stereocenters. The topological polar surface area (TPSA) is 9.86 Å². The highest BCUT2D eigenvalue weighted by Gasteiger charge is 2.08. The van der Waals surface area contributed by atoms with Crippen LogP contribution < -0.4 is 0 Å². The number of hydrogen-bond acceptors (Lipinski definition) is 0. The van der Waals surface area contributed by atoms with Gasteiger partial charge in [-0.3, -0.25) is 9.13 Å². The zero-order chi connectivity index (χ0) is 19.9. The Bertz CT molecular complexity index is 1470. The van der Waals surface area contributed by atoms with E-state index < -0.39 is 0 Å². The summed E-state index contributed by atoms with van der Waals surface area (Å²) in [5, 5.41) is 4.83. The molecule has 4 aromatic carbocycles. The fourth-order valence-corrected chi connectivity index (χ4v) is 4.25. The van der Waals surface area contributed by atoms with Gasteiger partial charge in [0, 0.05) is 45.5 Å². The van der Waals surface area contributed by atoms with E-state index in [1.807, 2.05) is 33.4 Å². The lowest BCUT2D eigenvalue weighted by Gasteiger charge is -1.96. The SMILES string of the molecule is C(C#Cn1c2ccccc2c2ccccc21)#Cn1c2ccccc2c2ccccc21. The number of nitrogens with zero attached hydrogens (tertiary/aromatic N) is 2. The van der Waals surface area contributed by atoms with Crippen LogP contribution in [0.2, 0.25) is 0 Å². The second kappa shape index (κ2) is 6.59. The number of hydrogen-bond donors (Lipinski definition) is 0. The summed E-state index contributed by atoms with van der Waals surface area (Å²) in [6.45, 7) is 0. The Hall–Kier alpha value is -4.40. The van der Waals surface area contributed by atoms with Crippen LogP contribution in [0.1, 0.15) is 0 Å². The molecule has 0 atom stereocenters. The molecule has 138 valence electrons. The van der Waals surface area contributed by atoms with Crippen LogP contribution in [0.25, 0.3) is 43.6 Å². The summed E-state index contributed by atoms with van der Waals surface area (Å²) >= 11 is 0. The van der Waals surface area contributed by atoms with Gasteiger partial charge in [-0.2, -0.15) is 0 Å². The minimum atomic E-state index is 1.10. The molecular formula is C28H16N2. The van der Waals surface area contributed by atoms with E-state index in [9.17, 15) is 0 Å². The van der Waals surface area contributed by atoms with Crippen molar-refractivity contribution in [2.45, 2.75) is 0 Å². The van der Waals surface area contributed by atoms with Gasteiger partial charge in [0.25, 0.3) is 0 Å². The first-order chi connectivity index (χ1) is 14.9. The normalized spacial score (nSPS) is 10.8. The van der Waals surface area contributed by atoms with E-state index in [4.69, 9.17) is 0 Å². The van der Waals surface area contributed by atoms with Gasteiger partial charge in [-0.1, -0.05) is 72.8 Å². The van der Waals surface area contributed by atoms with Gasteiger partial charge >= 0.3 is 0 Å². The monoisotopic (exact) mass is 380 g/mol. The van der Waals surface area contributed by atoms with Crippen molar-refractivity contribution in [2.75, 3.05) is 0 Å². The van der Waals surface area contributed by atoms with Crippen molar-refractivity contribution in [1.29, 1.82) is 0 Å². The molecule has 2 heterocycles. The van der Waals surface area contributed by atoms with Gasteiger partial charge in [-0.15, -0.1) is 0 Å². The Morgan fingerprint density at radius 2 is 0.633 bits per heavy atom. The average molecular weight is 380 g/mol. The van der Waals surface area contributed by atoms with Gasteiger partial charge in [-0.05, 0) is 24.3 Å². The van der Waals surface area contributed by atoms with E-state index in [0.29, 0.717) is 0 Å². The maximum Gasteiger partial charge on any atom is 0.0625 e. The van der Waals surface area contributed by atoms with Crippen LogP contribution in [0.15, 0.2) is 97.1 Å². The van der Waals surface area contributed by atoms with E-state index in [-0.39, 0.29) is 0 Å². The predicted octanol–water partition coefficient (Wildman–Crippen LogP) is 6.22. The third kappa shape index (κ3) is 2.42. The summed E-state index contributed by atoms with van der Waals surface area (Å²) < 4.78 is 4.07. The molecule has 2 nitrogen and oxygen atoms in total. The standard InChI is InChI=1S/C28H16N2/c1-5-15-25-21(11-1)22-12-2-6-16-26(22)29(25)19-9-10-20-30-27-17-7-3-13-23(27)24-14-4-8-18-28(24)30/h1-8,11-18H. The molecule has 0 aliphatic rings. The first-order valence-electron chi connectivity index (χ1n) is 9.90. The van der Waals surface area contributed by atoms with Gasteiger partial charge in [-0.25, -0.2) is 0 Å². The van der Waals surface area contributed by atoms with Crippen molar-refractivity contribution in [2.24, 2.45) is 0 Å². The zero-order valence-corrected chi connectivity index (χ0v) is 16.1. The molecule has 6 aromatic rings. The molecule has 0 aliphatic carbocycles. The van der Waals surface area contributed by atoms with Crippen LogP contribution in [0.4, 0.5) is 0 Å². The second-order valence-corrected chi connectivity index (χ2v) is 7.21. The first-order valence-corrected chi connectivity index (χ1v) is 9.90. The van der Waals surface area contributed by atoms with Crippen LogP contribution in [-0.4, -0.2) is 9.13 Å². The highest BCUT2D eigenvalue weighted by Crippen LogP contribution is 2.28. The van der Waals surface area contributed by atoms with Crippen LogP contribution in [-0.2, 0) is 0 Å². The average Bonchev–Trinajstić information content (AvgIpc) is 3.30. The number of rotatable bonds is 0. The van der Waals surface area contributed by atoms with Crippen molar-refractivity contribution >= 4 is 43.6 Å². The predicted molar refractivity (Wildman–Crippen MR) is 125 cm³/mol. The van der Waals surface area contributed by atoms with E-state index in [0.717, 1.165) is 22.1 Å². The second-order valence-electron chi connectivity index (χ2n) is 7.21. The third-order valence-corrected chi connectivity index (χ3v) is 5.56. The highest BCUT2D eigenvalue weighted by atomic mass is 15.0. The van der Waals surface area contributed by atoms with E-state index in [1.165, 1.54) is 21.5 Å². The van der Waals surface area contributed by atoms with Crippen molar-refractivity contribution < 1.29 is 0 Å². The Kier molecular flexibility index (Phi) is 3.63. The number of benzene rings is 4. The van der Waals surface area contributed by atoms with E-state index in [2.05, 4.69) is 96.7 Å². The molecule has 0 bridgehead atoms. The van der Waals surface area contributed by atoms with Crippen LogP contribution in [0.3, 0.4) is 0 Å². The van der Waals surface area contributed by atoms with E-state index in [1.54, 1.807) is 0 Å². The molecule has 0 amide bonds. The lowest BCUT2D eigenvalue weighted by Crippen LogP contribution is -1.88. The summed E-state index contributed by atoms with van der Waals surface area (Å²) in [6, 6.07) is 39.9. The van der Waals surface area contributed by atoms with Crippen molar-refractivity contribution in [1.82, 2.24) is 9.13 Å². The molecule has 0 aliphatic heterocycles. The smallest absolute Gasteiger partial charge is 0.0625 e. The van der Waals surface area contributed by atoms with Gasteiger partial charge in [0.1, 0.15) is 0 Å². The Morgan fingerprint density at radius 3 is 0.933 bits per heavy atom.